The molecule has 1 aliphatic rings. The van der Waals surface area contributed by atoms with Crippen molar-refractivity contribution < 1.29 is 9.53 Å². The smallest absolute Gasteiger partial charge is 0.221 e. The van der Waals surface area contributed by atoms with Crippen LogP contribution in [-0.4, -0.2) is 25.3 Å². The Bertz CT molecular complexity index is 843. The fourth-order valence-corrected chi connectivity index (χ4v) is 2.56. The van der Waals surface area contributed by atoms with Gasteiger partial charge in [0.1, 0.15) is 11.6 Å². The van der Waals surface area contributed by atoms with Gasteiger partial charge in [-0.3, -0.25) is 4.79 Å². The summed E-state index contributed by atoms with van der Waals surface area (Å²) in [6.07, 6.45) is 1.83. The minimum absolute atomic E-state index is 0.0979. The van der Waals surface area contributed by atoms with Gasteiger partial charge in [0.15, 0.2) is 0 Å². The molecule has 0 bridgehead atoms. The van der Waals surface area contributed by atoms with Gasteiger partial charge in [-0.1, -0.05) is 24.3 Å². The number of amides is 1. The Hall–Kier alpha value is -3.28. The van der Waals surface area contributed by atoms with Gasteiger partial charge in [-0.05, 0) is 29.8 Å². The Kier molecular flexibility index (Phi) is 4.99. The summed E-state index contributed by atoms with van der Waals surface area (Å²) in [7, 11) is 1.64. The molecule has 0 fully saturated rings. The van der Waals surface area contributed by atoms with Crippen LogP contribution in [0.1, 0.15) is 12.5 Å². The van der Waals surface area contributed by atoms with Crippen molar-refractivity contribution in [3.8, 4) is 5.75 Å². The van der Waals surface area contributed by atoms with Crippen LogP contribution < -0.4 is 20.7 Å². The van der Waals surface area contributed by atoms with E-state index in [0.717, 1.165) is 28.4 Å². The predicted molar refractivity (Wildman–Crippen MR) is 100.0 cm³/mol. The van der Waals surface area contributed by atoms with Gasteiger partial charge in [0.05, 0.1) is 25.1 Å². The minimum atomic E-state index is -0.0979. The third-order valence-corrected chi connectivity index (χ3v) is 3.65. The summed E-state index contributed by atoms with van der Waals surface area (Å²) in [4.78, 5) is 15.9. The molecule has 0 radical (unpaired) electrons. The molecule has 0 atom stereocenters. The highest BCUT2D eigenvalue weighted by Gasteiger charge is 2.11. The SMILES string of the molecule is COc1ccccc1NC1=CNCC(c2cccc(NC(C)=O)c2)=N1. The zero-order valence-electron chi connectivity index (χ0n) is 14.2. The van der Waals surface area contributed by atoms with Gasteiger partial charge in [0.2, 0.25) is 5.91 Å². The summed E-state index contributed by atoms with van der Waals surface area (Å²) in [5, 5.41) is 9.27. The van der Waals surface area contributed by atoms with Crippen molar-refractivity contribution in [1.82, 2.24) is 5.32 Å². The van der Waals surface area contributed by atoms with Crippen LogP contribution in [0, 0.1) is 0 Å². The fourth-order valence-electron chi connectivity index (χ4n) is 2.56. The lowest BCUT2D eigenvalue weighted by Gasteiger charge is -2.17. The van der Waals surface area contributed by atoms with Gasteiger partial charge in [-0.2, -0.15) is 0 Å². The molecule has 6 heteroatoms. The van der Waals surface area contributed by atoms with Gasteiger partial charge < -0.3 is 20.7 Å². The number of hydrogen-bond donors (Lipinski definition) is 3. The second-order valence-corrected chi connectivity index (χ2v) is 5.56. The summed E-state index contributed by atoms with van der Waals surface area (Å²) in [6, 6.07) is 15.3. The maximum atomic E-state index is 11.2. The number of carbonyl (C=O) groups is 1. The van der Waals surface area contributed by atoms with E-state index < -0.39 is 0 Å². The number of ether oxygens (including phenoxy) is 1. The maximum absolute atomic E-state index is 11.2. The highest BCUT2D eigenvalue weighted by Crippen LogP contribution is 2.25. The first kappa shape index (κ1) is 16.6. The van der Waals surface area contributed by atoms with E-state index in [1.807, 2.05) is 54.7 Å². The van der Waals surface area contributed by atoms with Crippen LogP contribution >= 0.6 is 0 Å². The number of carbonyl (C=O) groups excluding carboxylic acids is 1. The van der Waals surface area contributed by atoms with Crippen molar-refractivity contribution in [2.75, 3.05) is 24.3 Å². The Morgan fingerprint density at radius 3 is 2.84 bits per heavy atom. The van der Waals surface area contributed by atoms with E-state index in [4.69, 9.17) is 4.74 Å². The molecular formula is C19H20N4O2. The fraction of sp³-hybridized carbons (Fsp3) is 0.158. The Morgan fingerprint density at radius 1 is 1.20 bits per heavy atom. The largest absolute Gasteiger partial charge is 0.495 e. The molecule has 1 aliphatic heterocycles. The average molecular weight is 336 g/mol. The first-order valence-electron chi connectivity index (χ1n) is 7.95. The summed E-state index contributed by atoms with van der Waals surface area (Å²) in [5.41, 5.74) is 3.43. The van der Waals surface area contributed by atoms with E-state index in [1.54, 1.807) is 7.11 Å². The van der Waals surface area contributed by atoms with Crippen molar-refractivity contribution >= 4 is 23.0 Å². The lowest BCUT2D eigenvalue weighted by molar-refractivity contribution is -0.114. The number of aliphatic imine (C=N–C) groups is 1. The molecular weight excluding hydrogens is 316 g/mol. The summed E-state index contributed by atoms with van der Waals surface area (Å²) in [6.45, 7) is 2.10. The summed E-state index contributed by atoms with van der Waals surface area (Å²) < 4.78 is 5.35. The molecule has 0 spiro atoms. The molecule has 128 valence electrons. The van der Waals surface area contributed by atoms with Crippen LogP contribution in [0.5, 0.6) is 5.75 Å². The van der Waals surface area contributed by atoms with Crippen molar-refractivity contribution in [3.05, 3.63) is 66.1 Å². The van der Waals surface area contributed by atoms with Crippen molar-refractivity contribution in [2.24, 2.45) is 4.99 Å². The topological polar surface area (TPSA) is 74.8 Å². The maximum Gasteiger partial charge on any atom is 0.221 e. The van der Waals surface area contributed by atoms with Gasteiger partial charge in [0.25, 0.3) is 0 Å². The van der Waals surface area contributed by atoms with Crippen LogP contribution in [0.15, 0.2) is 65.5 Å². The lowest BCUT2D eigenvalue weighted by Crippen LogP contribution is -2.25. The summed E-state index contributed by atoms with van der Waals surface area (Å²) in [5.74, 6) is 1.34. The van der Waals surface area contributed by atoms with Gasteiger partial charge in [-0.25, -0.2) is 4.99 Å². The van der Waals surface area contributed by atoms with Crippen molar-refractivity contribution in [1.29, 1.82) is 0 Å². The number of methoxy groups -OCH3 is 1. The second kappa shape index (κ2) is 7.53. The Balaban J connectivity index is 1.82. The molecule has 1 heterocycles. The Morgan fingerprint density at radius 2 is 2.04 bits per heavy atom. The van der Waals surface area contributed by atoms with E-state index in [2.05, 4.69) is 20.9 Å². The second-order valence-electron chi connectivity index (χ2n) is 5.56. The molecule has 0 aromatic heterocycles. The quantitative estimate of drug-likeness (QED) is 0.785. The molecule has 1 amide bonds. The minimum Gasteiger partial charge on any atom is -0.495 e. The number of hydrogen-bond acceptors (Lipinski definition) is 5. The highest BCUT2D eigenvalue weighted by atomic mass is 16.5. The molecule has 3 rings (SSSR count). The molecule has 3 N–H and O–H groups in total. The lowest BCUT2D eigenvalue weighted by atomic mass is 10.1. The van der Waals surface area contributed by atoms with E-state index in [9.17, 15) is 4.79 Å². The molecule has 0 aliphatic carbocycles. The number of nitrogens with one attached hydrogen (secondary N) is 3. The van der Waals surface area contributed by atoms with E-state index in [1.165, 1.54) is 6.92 Å². The van der Waals surface area contributed by atoms with Crippen LogP contribution in [0.4, 0.5) is 11.4 Å². The first-order valence-corrected chi connectivity index (χ1v) is 7.95. The van der Waals surface area contributed by atoms with Gasteiger partial charge in [-0.15, -0.1) is 0 Å². The van der Waals surface area contributed by atoms with E-state index >= 15 is 0 Å². The van der Waals surface area contributed by atoms with Crippen molar-refractivity contribution in [2.45, 2.75) is 6.92 Å². The third-order valence-electron chi connectivity index (χ3n) is 3.65. The number of benzene rings is 2. The molecule has 0 saturated heterocycles. The average Bonchev–Trinajstić information content (AvgIpc) is 2.62. The molecule has 2 aromatic rings. The van der Waals surface area contributed by atoms with Crippen LogP contribution in [-0.2, 0) is 4.79 Å². The van der Waals surface area contributed by atoms with Gasteiger partial charge >= 0.3 is 0 Å². The first-order chi connectivity index (χ1) is 12.2. The standard InChI is InChI=1S/C19H20N4O2/c1-13(24)21-15-7-5-6-14(10-15)17-11-20-12-19(23-17)22-16-8-3-4-9-18(16)25-2/h3-10,12,20,22H,11H2,1-2H3,(H,21,24). The van der Waals surface area contributed by atoms with Crippen LogP contribution in [0.2, 0.25) is 0 Å². The van der Waals surface area contributed by atoms with E-state index in [-0.39, 0.29) is 5.91 Å². The molecule has 0 unspecified atom stereocenters. The number of anilines is 2. The van der Waals surface area contributed by atoms with Crippen LogP contribution in [0.25, 0.3) is 0 Å². The van der Waals surface area contributed by atoms with Gasteiger partial charge in [0, 0.05) is 18.8 Å². The van der Waals surface area contributed by atoms with Crippen molar-refractivity contribution in [3.63, 3.8) is 0 Å². The molecule has 25 heavy (non-hydrogen) atoms. The normalized spacial score (nSPS) is 13.2. The highest BCUT2D eigenvalue weighted by molar-refractivity contribution is 6.04. The number of para-hydroxylation sites is 2. The molecule has 0 saturated carbocycles. The third kappa shape index (κ3) is 4.17. The monoisotopic (exact) mass is 336 g/mol. The predicted octanol–water partition coefficient (Wildman–Crippen LogP) is 2.96. The molecule has 2 aromatic carbocycles. The summed E-state index contributed by atoms with van der Waals surface area (Å²) >= 11 is 0. The number of rotatable bonds is 5. The zero-order valence-corrected chi connectivity index (χ0v) is 14.2. The number of nitrogens with zero attached hydrogens (tertiary/aromatic N) is 1. The Labute approximate surface area is 146 Å². The van der Waals surface area contributed by atoms with Crippen LogP contribution in [0.3, 0.4) is 0 Å². The molecule has 6 nitrogen and oxygen atoms in total. The zero-order chi connectivity index (χ0) is 17.6. The van der Waals surface area contributed by atoms with E-state index in [0.29, 0.717) is 12.4 Å².